The standard InChI is InChI=1S/C16H20N2O3/c1-17-9-2-10-18-11-14-7-8-15(21-14)12-3-5-13(6-4-12)16(19)20/h3-8,17-18H,2,9-11H2,1H3,(H,19,20). The van der Waals surface area contributed by atoms with Gasteiger partial charge < -0.3 is 20.2 Å². The van der Waals surface area contributed by atoms with Crippen LogP contribution in [-0.4, -0.2) is 31.2 Å². The lowest BCUT2D eigenvalue weighted by molar-refractivity contribution is 0.0697. The lowest BCUT2D eigenvalue weighted by atomic mass is 10.1. The molecule has 0 spiro atoms. The molecule has 2 aromatic rings. The van der Waals surface area contributed by atoms with E-state index in [2.05, 4.69) is 10.6 Å². The molecule has 1 heterocycles. The molecule has 0 unspecified atom stereocenters. The highest BCUT2D eigenvalue weighted by molar-refractivity contribution is 5.88. The number of carboxylic acids is 1. The van der Waals surface area contributed by atoms with Crippen LogP contribution in [0.4, 0.5) is 0 Å². The van der Waals surface area contributed by atoms with E-state index in [1.807, 2.05) is 19.2 Å². The van der Waals surface area contributed by atoms with Crippen LogP contribution in [-0.2, 0) is 6.54 Å². The van der Waals surface area contributed by atoms with E-state index in [1.54, 1.807) is 24.3 Å². The fourth-order valence-electron chi connectivity index (χ4n) is 2.01. The van der Waals surface area contributed by atoms with Gasteiger partial charge in [0.25, 0.3) is 0 Å². The minimum Gasteiger partial charge on any atom is -0.478 e. The van der Waals surface area contributed by atoms with Crippen LogP contribution in [0.15, 0.2) is 40.8 Å². The van der Waals surface area contributed by atoms with Crippen LogP contribution in [0.25, 0.3) is 11.3 Å². The molecule has 5 nitrogen and oxygen atoms in total. The Morgan fingerprint density at radius 1 is 1.14 bits per heavy atom. The first-order valence-electron chi connectivity index (χ1n) is 6.98. The van der Waals surface area contributed by atoms with Gasteiger partial charge in [-0.25, -0.2) is 4.79 Å². The zero-order valence-electron chi connectivity index (χ0n) is 12.1. The van der Waals surface area contributed by atoms with E-state index >= 15 is 0 Å². The maximum atomic E-state index is 10.8. The highest BCUT2D eigenvalue weighted by Crippen LogP contribution is 2.22. The molecule has 0 radical (unpaired) electrons. The van der Waals surface area contributed by atoms with Gasteiger partial charge in [0.05, 0.1) is 12.1 Å². The molecule has 3 N–H and O–H groups in total. The van der Waals surface area contributed by atoms with Crippen molar-refractivity contribution in [3.63, 3.8) is 0 Å². The average Bonchev–Trinajstić information content (AvgIpc) is 2.96. The largest absolute Gasteiger partial charge is 0.478 e. The Morgan fingerprint density at radius 2 is 1.90 bits per heavy atom. The van der Waals surface area contributed by atoms with E-state index in [-0.39, 0.29) is 5.56 Å². The fourth-order valence-corrected chi connectivity index (χ4v) is 2.01. The first-order valence-corrected chi connectivity index (χ1v) is 6.98. The first kappa shape index (κ1) is 15.3. The van der Waals surface area contributed by atoms with Crippen molar-refractivity contribution in [2.45, 2.75) is 13.0 Å². The second-order valence-electron chi connectivity index (χ2n) is 4.78. The van der Waals surface area contributed by atoms with Crippen LogP contribution in [0.2, 0.25) is 0 Å². The van der Waals surface area contributed by atoms with E-state index < -0.39 is 5.97 Å². The second-order valence-corrected chi connectivity index (χ2v) is 4.78. The van der Waals surface area contributed by atoms with Crippen LogP contribution >= 0.6 is 0 Å². The van der Waals surface area contributed by atoms with Gasteiger partial charge in [0.2, 0.25) is 0 Å². The highest BCUT2D eigenvalue weighted by atomic mass is 16.4. The van der Waals surface area contributed by atoms with Gasteiger partial charge in [-0.05, 0) is 50.8 Å². The van der Waals surface area contributed by atoms with Crippen LogP contribution in [0.3, 0.4) is 0 Å². The molecule has 1 aromatic heterocycles. The van der Waals surface area contributed by atoms with Crippen molar-refractivity contribution in [3.05, 3.63) is 47.7 Å². The van der Waals surface area contributed by atoms with Crippen molar-refractivity contribution in [2.75, 3.05) is 20.1 Å². The van der Waals surface area contributed by atoms with E-state index in [1.165, 1.54) is 0 Å². The Hall–Kier alpha value is -2.11. The molecule has 0 atom stereocenters. The van der Waals surface area contributed by atoms with Crippen LogP contribution in [0, 0.1) is 0 Å². The Kier molecular flexibility index (Phi) is 5.54. The van der Waals surface area contributed by atoms with E-state index in [9.17, 15) is 4.79 Å². The molecule has 21 heavy (non-hydrogen) atoms. The first-order chi connectivity index (χ1) is 10.2. The number of carboxylic acid groups (broad SMARTS) is 1. The SMILES string of the molecule is CNCCCNCc1ccc(-c2ccc(C(=O)O)cc2)o1. The molecular weight excluding hydrogens is 268 g/mol. The number of rotatable bonds is 8. The number of hydrogen-bond donors (Lipinski definition) is 3. The van der Waals surface area contributed by atoms with Crippen LogP contribution in [0.1, 0.15) is 22.5 Å². The van der Waals surface area contributed by atoms with Crippen molar-refractivity contribution >= 4 is 5.97 Å². The van der Waals surface area contributed by atoms with Crippen molar-refractivity contribution in [1.29, 1.82) is 0 Å². The van der Waals surface area contributed by atoms with E-state index in [4.69, 9.17) is 9.52 Å². The molecule has 0 aliphatic rings. The summed E-state index contributed by atoms with van der Waals surface area (Å²) in [5.74, 6) is 0.697. The zero-order valence-corrected chi connectivity index (χ0v) is 12.1. The zero-order chi connectivity index (χ0) is 15.1. The minimum absolute atomic E-state index is 0.275. The van der Waals surface area contributed by atoms with Gasteiger partial charge in [0, 0.05) is 5.56 Å². The third kappa shape index (κ3) is 4.44. The smallest absolute Gasteiger partial charge is 0.335 e. The molecule has 0 fully saturated rings. The van der Waals surface area contributed by atoms with Crippen LogP contribution < -0.4 is 10.6 Å². The molecule has 1 aromatic carbocycles. The Morgan fingerprint density at radius 3 is 2.57 bits per heavy atom. The number of nitrogens with one attached hydrogen (secondary N) is 2. The normalized spacial score (nSPS) is 10.7. The van der Waals surface area contributed by atoms with Gasteiger partial charge in [-0.2, -0.15) is 0 Å². The summed E-state index contributed by atoms with van der Waals surface area (Å²) in [5, 5.41) is 15.3. The molecule has 5 heteroatoms. The van der Waals surface area contributed by atoms with Gasteiger partial charge in [0.1, 0.15) is 11.5 Å². The molecule has 0 saturated carbocycles. The highest BCUT2D eigenvalue weighted by Gasteiger charge is 2.06. The average molecular weight is 288 g/mol. The lowest BCUT2D eigenvalue weighted by Crippen LogP contribution is -2.19. The van der Waals surface area contributed by atoms with Gasteiger partial charge in [-0.15, -0.1) is 0 Å². The summed E-state index contributed by atoms with van der Waals surface area (Å²) in [4.78, 5) is 10.8. The molecule has 0 amide bonds. The van der Waals surface area contributed by atoms with E-state index in [0.29, 0.717) is 6.54 Å². The lowest BCUT2D eigenvalue weighted by Gasteiger charge is -2.02. The summed E-state index contributed by atoms with van der Waals surface area (Å²) in [7, 11) is 1.94. The number of hydrogen-bond acceptors (Lipinski definition) is 4. The third-order valence-corrected chi connectivity index (χ3v) is 3.16. The maximum absolute atomic E-state index is 10.8. The van der Waals surface area contributed by atoms with Gasteiger partial charge in [-0.1, -0.05) is 12.1 Å². The fraction of sp³-hybridized carbons (Fsp3) is 0.312. The molecule has 112 valence electrons. The van der Waals surface area contributed by atoms with Crippen molar-refractivity contribution < 1.29 is 14.3 Å². The monoisotopic (exact) mass is 288 g/mol. The van der Waals surface area contributed by atoms with Gasteiger partial charge in [0.15, 0.2) is 0 Å². The summed E-state index contributed by atoms with van der Waals surface area (Å²) < 4.78 is 5.75. The Labute approximate surface area is 124 Å². The Bertz CT molecular complexity index is 575. The third-order valence-electron chi connectivity index (χ3n) is 3.16. The van der Waals surface area contributed by atoms with E-state index in [0.717, 1.165) is 36.6 Å². The topological polar surface area (TPSA) is 74.5 Å². The Balaban J connectivity index is 1.91. The summed E-state index contributed by atoms with van der Waals surface area (Å²) >= 11 is 0. The van der Waals surface area contributed by atoms with Gasteiger partial charge in [-0.3, -0.25) is 0 Å². The summed E-state index contributed by atoms with van der Waals surface area (Å²) in [5.41, 5.74) is 1.15. The molecule has 2 rings (SSSR count). The van der Waals surface area contributed by atoms with Gasteiger partial charge >= 0.3 is 5.97 Å². The number of benzene rings is 1. The molecule has 0 aliphatic heterocycles. The molecule has 0 bridgehead atoms. The molecular formula is C16H20N2O3. The van der Waals surface area contributed by atoms with Crippen molar-refractivity contribution in [1.82, 2.24) is 10.6 Å². The predicted molar refractivity (Wildman–Crippen MR) is 81.4 cm³/mol. The summed E-state index contributed by atoms with van der Waals surface area (Å²) in [6, 6.07) is 10.5. The van der Waals surface area contributed by atoms with Crippen molar-refractivity contribution in [2.24, 2.45) is 0 Å². The van der Waals surface area contributed by atoms with Crippen molar-refractivity contribution in [3.8, 4) is 11.3 Å². The second kappa shape index (κ2) is 7.61. The van der Waals surface area contributed by atoms with Crippen LogP contribution in [0.5, 0.6) is 0 Å². The maximum Gasteiger partial charge on any atom is 0.335 e. The number of aromatic carboxylic acids is 1. The number of carbonyl (C=O) groups is 1. The number of furan rings is 1. The summed E-state index contributed by atoms with van der Waals surface area (Å²) in [6.07, 6.45) is 1.07. The minimum atomic E-state index is -0.924. The summed E-state index contributed by atoms with van der Waals surface area (Å²) in [6.45, 7) is 2.62. The molecule has 0 saturated heterocycles. The predicted octanol–water partition coefficient (Wildman–Crippen LogP) is 2.34. The quantitative estimate of drug-likeness (QED) is 0.650. The molecule has 0 aliphatic carbocycles.